The summed E-state index contributed by atoms with van der Waals surface area (Å²) in [5, 5.41) is 8.17. The van der Waals surface area contributed by atoms with Gasteiger partial charge in [0.25, 0.3) is 0 Å². The van der Waals surface area contributed by atoms with Gasteiger partial charge >= 0.3 is 6.03 Å². The van der Waals surface area contributed by atoms with Crippen molar-refractivity contribution in [3.05, 3.63) is 53.7 Å². The van der Waals surface area contributed by atoms with Gasteiger partial charge in [0.05, 0.1) is 0 Å². The molecule has 1 heterocycles. The molecule has 7 heteroatoms. The molecule has 0 saturated carbocycles. The van der Waals surface area contributed by atoms with E-state index in [0.717, 1.165) is 37.3 Å². The first-order valence-corrected chi connectivity index (χ1v) is 10.1. The Balaban J connectivity index is 1.68. The van der Waals surface area contributed by atoms with Crippen LogP contribution in [0.25, 0.3) is 0 Å². The van der Waals surface area contributed by atoms with E-state index in [2.05, 4.69) is 39.7 Å². The average molecular weight is 398 g/mol. The van der Waals surface area contributed by atoms with Crippen LogP contribution in [0.4, 0.5) is 16.3 Å². The molecule has 1 aromatic carbocycles. The van der Waals surface area contributed by atoms with Crippen molar-refractivity contribution in [1.29, 1.82) is 0 Å². The Kier molecular flexibility index (Phi) is 9.11. The molecule has 156 valence electrons. The monoisotopic (exact) mass is 397 g/mol. The molecule has 2 aromatic rings. The van der Waals surface area contributed by atoms with E-state index in [1.54, 1.807) is 12.3 Å². The molecule has 3 amide bonds. The molecule has 0 aliphatic carbocycles. The largest absolute Gasteiger partial charge is 0.337 e. The zero-order valence-corrected chi connectivity index (χ0v) is 17.5. The van der Waals surface area contributed by atoms with Crippen LogP contribution in [0.15, 0.2) is 42.6 Å². The highest BCUT2D eigenvalue weighted by Crippen LogP contribution is 2.10. The second kappa shape index (κ2) is 11.8. The number of rotatable bonds is 10. The van der Waals surface area contributed by atoms with Crippen LogP contribution in [-0.2, 0) is 11.2 Å². The number of anilines is 2. The lowest BCUT2D eigenvalue weighted by atomic mass is 10.1. The second-order valence-corrected chi connectivity index (χ2v) is 6.87. The molecule has 0 aliphatic rings. The van der Waals surface area contributed by atoms with E-state index in [-0.39, 0.29) is 24.9 Å². The Morgan fingerprint density at radius 3 is 2.34 bits per heavy atom. The van der Waals surface area contributed by atoms with Gasteiger partial charge in [-0.25, -0.2) is 9.78 Å². The number of hydrogen-bond donors (Lipinski definition) is 3. The van der Waals surface area contributed by atoms with Crippen molar-refractivity contribution >= 4 is 23.4 Å². The van der Waals surface area contributed by atoms with Gasteiger partial charge < -0.3 is 20.9 Å². The third-order valence-corrected chi connectivity index (χ3v) is 4.64. The van der Waals surface area contributed by atoms with Gasteiger partial charge in [-0.2, -0.15) is 0 Å². The van der Waals surface area contributed by atoms with Crippen LogP contribution < -0.4 is 16.0 Å². The van der Waals surface area contributed by atoms with E-state index in [1.807, 2.05) is 37.3 Å². The Morgan fingerprint density at radius 1 is 1.00 bits per heavy atom. The molecule has 2 rings (SSSR count). The van der Waals surface area contributed by atoms with Gasteiger partial charge in [-0.05, 0) is 55.8 Å². The van der Waals surface area contributed by atoms with Crippen molar-refractivity contribution in [3.8, 4) is 0 Å². The molecule has 0 fully saturated rings. The number of pyridine rings is 1. The summed E-state index contributed by atoms with van der Waals surface area (Å²) in [6, 6.07) is 11.1. The summed E-state index contributed by atoms with van der Waals surface area (Å²) in [7, 11) is 0. The fraction of sp³-hybridized carbons (Fsp3) is 0.409. The third-order valence-electron chi connectivity index (χ3n) is 4.64. The third kappa shape index (κ3) is 8.31. The van der Waals surface area contributed by atoms with Crippen LogP contribution in [0.5, 0.6) is 0 Å². The first kappa shape index (κ1) is 22.4. The Bertz CT molecular complexity index is 771. The number of amides is 3. The number of benzene rings is 1. The lowest BCUT2D eigenvalue weighted by Crippen LogP contribution is -2.31. The summed E-state index contributed by atoms with van der Waals surface area (Å²) >= 11 is 0. The summed E-state index contributed by atoms with van der Waals surface area (Å²) in [5.74, 6) is 0.311. The minimum Gasteiger partial charge on any atom is -0.337 e. The van der Waals surface area contributed by atoms with Crippen LogP contribution in [0.1, 0.15) is 31.4 Å². The van der Waals surface area contributed by atoms with Gasteiger partial charge in [0.15, 0.2) is 0 Å². The van der Waals surface area contributed by atoms with Gasteiger partial charge in [0, 0.05) is 31.4 Å². The number of likely N-dealkylation sites (N-methyl/N-ethyl adjacent to an activating group) is 1. The summed E-state index contributed by atoms with van der Waals surface area (Å²) in [4.78, 5) is 30.4. The highest BCUT2D eigenvalue weighted by Gasteiger charge is 2.06. The molecule has 0 aliphatic heterocycles. The van der Waals surface area contributed by atoms with E-state index in [4.69, 9.17) is 0 Å². The van der Waals surface area contributed by atoms with Gasteiger partial charge in [-0.3, -0.25) is 4.79 Å². The molecule has 0 spiro atoms. The maximum Gasteiger partial charge on any atom is 0.319 e. The molecule has 0 bridgehead atoms. The van der Waals surface area contributed by atoms with E-state index < -0.39 is 0 Å². The molecule has 1 aromatic heterocycles. The first-order chi connectivity index (χ1) is 14.0. The van der Waals surface area contributed by atoms with Gasteiger partial charge in [-0.15, -0.1) is 0 Å². The average Bonchev–Trinajstić information content (AvgIpc) is 2.71. The van der Waals surface area contributed by atoms with E-state index in [0.29, 0.717) is 5.82 Å². The number of aromatic nitrogens is 1. The standard InChI is InChI=1S/C22H31N5O2/c1-4-27(5-2)15-13-18-7-9-19(10-8-18)25-22(29)23-14-12-21(28)26-20-11-6-17(3)16-24-20/h6-11,16H,4-5,12-15H2,1-3H3,(H2,23,25,29)(H,24,26,28). The van der Waals surface area contributed by atoms with Crippen molar-refractivity contribution < 1.29 is 9.59 Å². The van der Waals surface area contributed by atoms with Crippen LogP contribution >= 0.6 is 0 Å². The molecular formula is C22H31N5O2. The molecule has 0 saturated heterocycles. The smallest absolute Gasteiger partial charge is 0.319 e. The minimum atomic E-state index is -0.331. The van der Waals surface area contributed by atoms with Crippen LogP contribution in [0.2, 0.25) is 0 Å². The number of carbonyl (C=O) groups is 2. The number of carbonyl (C=O) groups excluding carboxylic acids is 2. The Labute approximate surface area is 172 Å². The fourth-order valence-corrected chi connectivity index (χ4v) is 2.79. The predicted molar refractivity (Wildman–Crippen MR) is 117 cm³/mol. The van der Waals surface area contributed by atoms with Crippen molar-refractivity contribution in [3.63, 3.8) is 0 Å². The number of nitrogens with one attached hydrogen (secondary N) is 3. The van der Waals surface area contributed by atoms with Crippen molar-refractivity contribution in [1.82, 2.24) is 15.2 Å². The number of aryl methyl sites for hydroxylation is 1. The maximum atomic E-state index is 12.0. The van der Waals surface area contributed by atoms with Crippen molar-refractivity contribution in [2.24, 2.45) is 0 Å². The molecule has 0 atom stereocenters. The molecule has 7 nitrogen and oxygen atoms in total. The maximum absolute atomic E-state index is 12.0. The van der Waals surface area contributed by atoms with E-state index in [9.17, 15) is 9.59 Å². The summed E-state index contributed by atoms with van der Waals surface area (Å²) in [5.41, 5.74) is 2.99. The summed E-state index contributed by atoms with van der Waals surface area (Å²) in [6.45, 7) is 9.63. The van der Waals surface area contributed by atoms with Crippen molar-refractivity contribution in [2.75, 3.05) is 36.8 Å². The van der Waals surface area contributed by atoms with Crippen LogP contribution in [0, 0.1) is 6.92 Å². The second-order valence-electron chi connectivity index (χ2n) is 6.87. The molecule has 3 N–H and O–H groups in total. The Morgan fingerprint density at radius 2 is 1.72 bits per heavy atom. The molecule has 0 unspecified atom stereocenters. The van der Waals surface area contributed by atoms with Crippen LogP contribution in [-0.4, -0.2) is 48.0 Å². The summed E-state index contributed by atoms with van der Waals surface area (Å²) in [6.07, 6.45) is 2.85. The predicted octanol–water partition coefficient (Wildman–Crippen LogP) is 3.42. The minimum absolute atomic E-state index is 0.174. The van der Waals surface area contributed by atoms with Crippen molar-refractivity contribution in [2.45, 2.75) is 33.6 Å². The highest BCUT2D eigenvalue weighted by molar-refractivity contribution is 5.91. The number of nitrogens with zero attached hydrogens (tertiary/aromatic N) is 2. The molecular weight excluding hydrogens is 366 g/mol. The van der Waals surface area contributed by atoms with Gasteiger partial charge in [0.1, 0.15) is 5.82 Å². The Hall–Kier alpha value is -2.93. The highest BCUT2D eigenvalue weighted by atomic mass is 16.2. The first-order valence-electron chi connectivity index (χ1n) is 10.1. The quantitative estimate of drug-likeness (QED) is 0.573. The lowest BCUT2D eigenvalue weighted by molar-refractivity contribution is -0.116. The number of hydrogen-bond acceptors (Lipinski definition) is 4. The fourth-order valence-electron chi connectivity index (χ4n) is 2.79. The normalized spacial score (nSPS) is 10.6. The van der Waals surface area contributed by atoms with Gasteiger partial charge in [0.2, 0.25) is 5.91 Å². The summed E-state index contributed by atoms with van der Waals surface area (Å²) < 4.78 is 0. The topological polar surface area (TPSA) is 86.4 Å². The SMILES string of the molecule is CCN(CC)CCc1ccc(NC(=O)NCCC(=O)Nc2ccc(C)cn2)cc1. The molecule has 29 heavy (non-hydrogen) atoms. The van der Waals surface area contributed by atoms with Gasteiger partial charge in [-0.1, -0.05) is 32.0 Å². The van der Waals surface area contributed by atoms with E-state index >= 15 is 0 Å². The molecule has 0 radical (unpaired) electrons. The van der Waals surface area contributed by atoms with E-state index in [1.165, 1.54) is 5.56 Å². The zero-order chi connectivity index (χ0) is 21.1. The zero-order valence-electron chi connectivity index (χ0n) is 17.5. The lowest BCUT2D eigenvalue weighted by Gasteiger charge is -2.17. The van der Waals surface area contributed by atoms with Crippen LogP contribution in [0.3, 0.4) is 0 Å². The number of urea groups is 1.